The Labute approximate surface area is 111 Å². The van der Waals surface area contributed by atoms with Crippen LogP contribution in [-0.4, -0.2) is 25.0 Å². The first-order chi connectivity index (χ1) is 7.22. The average molecular weight is 261 g/mol. The lowest BCUT2D eigenvalue weighted by atomic mass is 9.88. The van der Waals surface area contributed by atoms with E-state index in [0.717, 1.165) is 19.5 Å². The van der Waals surface area contributed by atoms with Crippen molar-refractivity contribution in [3.05, 3.63) is 0 Å². The third-order valence-corrected chi connectivity index (χ3v) is 5.21. The van der Waals surface area contributed by atoms with E-state index in [0.29, 0.717) is 6.04 Å². The molecule has 4 heteroatoms. The number of halogens is 1. The molecule has 0 bridgehead atoms. The minimum atomic E-state index is -0.200. The molecule has 0 aromatic rings. The van der Waals surface area contributed by atoms with E-state index in [1.165, 1.54) is 0 Å². The summed E-state index contributed by atoms with van der Waals surface area (Å²) in [5.41, 5.74) is 0.255. The number of hydrogen-bond acceptors (Lipinski definition) is 2. The van der Waals surface area contributed by atoms with E-state index in [4.69, 9.17) is 0 Å². The summed E-state index contributed by atoms with van der Waals surface area (Å²) in [4.78, 5) is 12.2. The molecule has 1 amide bonds. The van der Waals surface area contributed by atoms with Gasteiger partial charge in [0.15, 0.2) is 0 Å². The maximum atomic E-state index is 12.2. The first kappa shape index (κ1) is 14.8. The van der Waals surface area contributed by atoms with Crippen LogP contribution >= 0.6 is 12.4 Å². The molecule has 100 valence electrons. The summed E-state index contributed by atoms with van der Waals surface area (Å²) in [5, 5.41) is 6.51. The molecular weight excluding hydrogens is 236 g/mol. The zero-order chi connectivity index (χ0) is 12.2. The van der Waals surface area contributed by atoms with E-state index < -0.39 is 0 Å². The summed E-state index contributed by atoms with van der Waals surface area (Å²) in [5.74, 6) is 0.223. The van der Waals surface area contributed by atoms with Gasteiger partial charge in [-0.2, -0.15) is 0 Å². The number of amides is 1. The number of carbonyl (C=O) groups excluding carboxylic acids is 1. The van der Waals surface area contributed by atoms with Crippen LogP contribution in [0, 0.1) is 16.2 Å². The highest BCUT2D eigenvalue weighted by molar-refractivity contribution is 5.85. The molecule has 2 N–H and O–H groups in total. The molecule has 3 nitrogen and oxygen atoms in total. The van der Waals surface area contributed by atoms with Crippen molar-refractivity contribution < 1.29 is 4.79 Å². The molecule has 0 aromatic carbocycles. The lowest BCUT2D eigenvalue weighted by Gasteiger charge is -2.22. The zero-order valence-corrected chi connectivity index (χ0v) is 12.3. The number of nitrogens with one attached hydrogen (secondary N) is 2. The van der Waals surface area contributed by atoms with Gasteiger partial charge in [0.2, 0.25) is 5.91 Å². The van der Waals surface area contributed by atoms with E-state index in [1.807, 2.05) is 0 Å². The summed E-state index contributed by atoms with van der Waals surface area (Å²) in [7, 11) is 0. The molecule has 17 heavy (non-hydrogen) atoms. The van der Waals surface area contributed by atoms with E-state index in [-0.39, 0.29) is 34.6 Å². The predicted molar refractivity (Wildman–Crippen MR) is 72.3 cm³/mol. The van der Waals surface area contributed by atoms with Crippen molar-refractivity contribution in [2.24, 2.45) is 16.2 Å². The molecule has 2 fully saturated rings. The highest BCUT2D eigenvalue weighted by Gasteiger charge is 2.65. The smallest absolute Gasteiger partial charge is 0.227 e. The summed E-state index contributed by atoms with van der Waals surface area (Å²) in [6.45, 7) is 12.7. The van der Waals surface area contributed by atoms with Gasteiger partial charge >= 0.3 is 0 Å². The van der Waals surface area contributed by atoms with Gasteiger partial charge in [0, 0.05) is 12.6 Å². The third-order valence-electron chi connectivity index (χ3n) is 5.21. The number of hydrogen-bond donors (Lipinski definition) is 2. The normalized spacial score (nSPS) is 33.9. The van der Waals surface area contributed by atoms with Gasteiger partial charge in [-0.25, -0.2) is 0 Å². The maximum Gasteiger partial charge on any atom is 0.227 e. The van der Waals surface area contributed by atoms with Gasteiger partial charge in [0.05, 0.1) is 5.41 Å². The maximum absolute atomic E-state index is 12.2. The standard InChI is InChI=1S/C13H24N2O.ClH/c1-11(2)9(12(11,3)4)15-10(16)13(5)6-7-14-8-13;/h9,14H,6-8H2,1-5H3,(H,15,16);1H. The molecule has 1 heterocycles. The lowest BCUT2D eigenvalue weighted by molar-refractivity contribution is -0.129. The van der Waals surface area contributed by atoms with Crippen LogP contribution < -0.4 is 10.6 Å². The Morgan fingerprint density at radius 1 is 1.18 bits per heavy atom. The van der Waals surface area contributed by atoms with E-state index in [1.54, 1.807) is 0 Å². The van der Waals surface area contributed by atoms with Crippen molar-refractivity contribution in [1.82, 2.24) is 10.6 Å². The van der Waals surface area contributed by atoms with E-state index >= 15 is 0 Å². The Balaban J connectivity index is 0.00000144. The Hall–Kier alpha value is -0.280. The monoisotopic (exact) mass is 260 g/mol. The van der Waals surface area contributed by atoms with Crippen LogP contribution in [0.15, 0.2) is 0 Å². The molecule has 1 aliphatic heterocycles. The fourth-order valence-corrected chi connectivity index (χ4v) is 2.87. The van der Waals surface area contributed by atoms with Gasteiger partial charge in [0.1, 0.15) is 0 Å². The molecule has 1 saturated carbocycles. The molecule has 0 radical (unpaired) electrons. The Bertz CT molecular complexity index is 305. The molecule has 1 saturated heterocycles. The molecule has 2 rings (SSSR count). The number of carbonyl (C=O) groups is 1. The summed E-state index contributed by atoms with van der Waals surface area (Å²) in [6, 6.07) is 0.324. The predicted octanol–water partition coefficient (Wildman–Crippen LogP) is 1.96. The van der Waals surface area contributed by atoms with Crippen molar-refractivity contribution in [1.29, 1.82) is 0 Å². The van der Waals surface area contributed by atoms with Crippen molar-refractivity contribution in [3.63, 3.8) is 0 Å². The molecular formula is C13H25ClN2O. The summed E-state index contributed by atoms with van der Waals surface area (Å²) >= 11 is 0. The van der Waals surface area contributed by atoms with Gasteiger partial charge < -0.3 is 10.6 Å². The molecule has 2 aliphatic rings. The Kier molecular flexibility index (Phi) is 3.59. The minimum Gasteiger partial charge on any atom is -0.352 e. The van der Waals surface area contributed by atoms with Crippen LogP contribution in [0.1, 0.15) is 41.0 Å². The van der Waals surface area contributed by atoms with Gasteiger partial charge in [-0.15, -0.1) is 12.4 Å². The third kappa shape index (κ3) is 2.08. The lowest BCUT2D eigenvalue weighted by Crippen LogP contribution is -2.43. The fraction of sp³-hybridized carbons (Fsp3) is 0.923. The molecule has 0 spiro atoms. The number of rotatable bonds is 2. The minimum absolute atomic E-state index is 0. The second kappa shape index (κ2) is 4.13. The molecule has 1 unspecified atom stereocenters. The average Bonchev–Trinajstić information content (AvgIpc) is 2.59. The van der Waals surface area contributed by atoms with Crippen LogP contribution in [-0.2, 0) is 4.79 Å². The van der Waals surface area contributed by atoms with Gasteiger partial charge in [-0.1, -0.05) is 27.7 Å². The largest absolute Gasteiger partial charge is 0.352 e. The van der Waals surface area contributed by atoms with Gasteiger partial charge in [-0.05, 0) is 30.7 Å². The van der Waals surface area contributed by atoms with Crippen molar-refractivity contribution in [2.75, 3.05) is 13.1 Å². The first-order valence-corrected chi connectivity index (χ1v) is 6.23. The van der Waals surface area contributed by atoms with Crippen LogP contribution in [0.3, 0.4) is 0 Å². The van der Waals surface area contributed by atoms with Crippen molar-refractivity contribution >= 4 is 18.3 Å². The summed E-state index contributed by atoms with van der Waals surface area (Å²) < 4.78 is 0. The Morgan fingerprint density at radius 3 is 2.06 bits per heavy atom. The highest BCUT2D eigenvalue weighted by atomic mass is 35.5. The van der Waals surface area contributed by atoms with Crippen molar-refractivity contribution in [3.8, 4) is 0 Å². The molecule has 0 aromatic heterocycles. The Morgan fingerprint density at radius 2 is 1.71 bits per heavy atom. The second-order valence-corrected chi connectivity index (χ2v) is 6.84. The zero-order valence-electron chi connectivity index (χ0n) is 11.5. The fourth-order valence-electron chi connectivity index (χ4n) is 2.87. The second-order valence-electron chi connectivity index (χ2n) is 6.84. The highest BCUT2D eigenvalue weighted by Crippen LogP contribution is 2.62. The molecule has 1 atom stereocenters. The van der Waals surface area contributed by atoms with Gasteiger partial charge in [-0.3, -0.25) is 4.79 Å². The van der Waals surface area contributed by atoms with Crippen LogP contribution in [0.5, 0.6) is 0 Å². The molecule has 1 aliphatic carbocycles. The first-order valence-electron chi connectivity index (χ1n) is 6.23. The van der Waals surface area contributed by atoms with Crippen molar-refractivity contribution in [2.45, 2.75) is 47.1 Å². The quantitative estimate of drug-likeness (QED) is 0.797. The van der Waals surface area contributed by atoms with E-state index in [2.05, 4.69) is 45.3 Å². The van der Waals surface area contributed by atoms with Gasteiger partial charge in [0.25, 0.3) is 0 Å². The van der Waals surface area contributed by atoms with Crippen LogP contribution in [0.4, 0.5) is 0 Å². The van der Waals surface area contributed by atoms with E-state index in [9.17, 15) is 4.79 Å². The van der Waals surface area contributed by atoms with Crippen LogP contribution in [0.25, 0.3) is 0 Å². The summed E-state index contributed by atoms with van der Waals surface area (Å²) in [6.07, 6.45) is 0.951. The topological polar surface area (TPSA) is 41.1 Å². The van der Waals surface area contributed by atoms with Crippen LogP contribution in [0.2, 0.25) is 0 Å². The SMILES string of the molecule is CC1(C(=O)NC2C(C)(C)C2(C)C)CCNC1.Cl.